The Morgan fingerprint density at radius 2 is 1.14 bits per heavy atom. The average Bonchev–Trinajstić information content (AvgIpc) is 2.82. The minimum atomic E-state index is -4.73. The van der Waals surface area contributed by atoms with Gasteiger partial charge in [-0.1, -0.05) is 96.8 Å². The zero-order valence-corrected chi connectivity index (χ0v) is 24.9. The van der Waals surface area contributed by atoms with E-state index in [0.29, 0.717) is 0 Å². The number of carbonyl (C=O) groups is 1. The summed E-state index contributed by atoms with van der Waals surface area (Å²) in [6.07, 6.45) is 16.2. The van der Waals surface area contributed by atoms with Crippen LogP contribution in [-0.4, -0.2) is 59.9 Å². The van der Waals surface area contributed by atoms with Crippen molar-refractivity contribution in [3.8, 4) is 0 Å². The van der Waals surface area contributed by atoms with Gasteiger partial charge in [-0.3, -0.25) is 9.36 Å². The number of phosphoric ester groups is 1. The number of unbranched alkanes of at least 4 members (excludes halogenated alkanes) is 14. The summed E-state index contributed by atoms with van der Waals surface area (Å²) >= 11 is 0. The van der Waals surface area contributed by atoms with Crippen molar-refractivity contribution in [2.45, 2.75) is 122 Å². The molecule has 3 N–H and O–H groups in total. The van der Waals surface area contributed by atoms with Gasteiger partial charge in [0.15, 0.2) is 0 Å². The molecule has 0 amide bonds. The summed E-state index contributed by atoms with van der Waals surface area (Å²) in [4.78, 5) is 23.2. The number of hydrogen-bond donors (Lipinski definition) is 3. The summed E-state index contributed by atoms with van der Waals surface area (Å²) in [6.45, 7) is -0.0751. The van der Waals surface area contributed by atoms with Crippen molar-refractivity contribution in [1.29, 1.82) is 0 Å². The molecule has 9 nitrogen and oxygen atoms in total. The SMILES string of the molecule is CCCCCCCCCCCCCCCCCC(=O)OCC(O)COP(=O)([O-])OCC(O)CO.[Na+]. The fourth-order valence-corrected chi connectivity index (χ4v) is 4.18. The van der Waals surface area contributed by atoms with Gasteiger partial charge in [0.1, 0.15) is 18.8 Å². The number of hydrogen-bond acceptors (Lipinski definition) is 9. The predicted molar refractivity (Wildman–Crippen MR) is 129 cm³/mol. The average molecular weight is 535 g/mol. The molecule has 0 aromatic carbocycles. The number of rotatable bonds is 25. The molecule has 0 aliphatic heterocycles. The standard InChI is InChI=1S/C24H49O9P.Na/c1-2-3-4-5-6-7-8-9-10-11-12-13-14-15-16-17-24(28)31-19-23(27)21-33-34(29,30)32-20-22(26)18-25;/h22-23,25-27H,2-21H2,1H3,(H,29,30);/q;+1/p-1. The Bertz CT molecular complexity index is 525. The van der Waals surface area contributed by atoms with Gasteiger partial charge in [0.05, 0.1) is 19.8 Å². The van der Waals surface area contributed by atoms with Crippen LogP contribution in [0.15, 0.2) is 0 Å². The van der Waals surface area contributed by atoms with Gasteiger partial charge in [0.25, 0.3) is 7.82 Å². The molecule has 3 atom stereocenters. The summed E-state index contributed by atoms with van der Waals surface area (Å²) in [5, 5.41) is 27.3. The summed E-state index contributed by atoms with van der Waals surface area (Å²) < 4.78 is 25.2. The quantitative estimate of drug-likeness (QED) is 0.0676. The van der Waals surface area contributed by atoms with Crippen molar-refractivity contribution in [2.24, 2.45) is 0 Å². The van der Waals surface area contributed by atoms with Crippen LogP contribution in [0.2, 0.25) is 0 Å². The zero-order chi connectivity index (χ0) is 25.5. The molecule has 0 bridgehead atoms. The van der Waals surface area contributed by atoms with Gasteiger partial charge in [0.2, 0.25) is 0 Å². The molecule has 0 aromatic rings. The van der Waals surface area contributed by atoms with Crippen molar-refractivity contribution in [3.05, 3.63) is 0 Å². The first-order valence-electron chi connectivity index (χ1n) is 13.0. The maximum Gasteiger partial charge on any atom is 1.00 e. The van der Waals surface area contributed by atoms with E-state index in [9.17, 15) is 19.4 Å². The molecule has 0 aliphatic rings. The normalized spacial score (nSPS) is 14.7. The molecule has 11 heteroatoms. The van der Waals surface area contributed by atoms with E-state index < -0.39 is 45.8 Å². The third-order valence-corrected chi connectivity index (χ3v) is 6.41. The molecule has 0 heterocycles. The van der Waals surface area contributed by atoms with Gasteiger partial charge in [-0.15, -0.1) is 0 Å². The summed E-state index contributed by atoms with van der Waals surface area (Å²) in [7, 11) is -4.73. The maximum absolute atomic E-state index is 11.7. The van der Waals surface area contributed by atoms with Crippen LogP contribution >= 0.6 is 7.82 Å². The Morgan fingerprint density at radius 1 is 0.743 bits per heavy atom. The smallest absolute Gasteiger partial charge is 0.756 e. The third-order valence-electron chi connectivity index (χ3n) is 5.48. The molecule has 0 fully saturated rings. The van der Waals surface area contributed by atoms with E-state index >= 15 is 0 Å². The molecule has 0 rings (SSSR count). The molecule has 204 valence electrons. The first-order chi connectivity index (χ1) is 16.3. The second-order valence-corrected chi connectivity index (χ2v) is 10.3. The molecule has 3 unspecified atom stereocenters. The van der Waals surface area contributed by atoms with Gasteiger partial charge < -0.3 is 34.0 Å². The van der Waals surface area contributed by atoms with E-state index in [1.165, 1.54) is 77.0 Å². The molecule has 0 aromatic heterocycles. The van der Waals surface area contributed by atoms with Gasteiger partial charge in [-0.2, -0.15) is 0 Å². The number of esters is 1. The van der Waals surface area contributed by atoms with Gasteiger partial charge in [0, 0.05) is 6.42 Å². The van der Waals surface area contributed by atoms with Gasteiger partial charge >= 0.3 is 35.5 Å². The Balaban J connectivity index is 0. The molecule has 0 saturated heterocycles. The summed E-state index contributed by atoms with van der Waals surface area (Å²) in [6, 6.07) is 0. The summed E-state index contributed by atoms with van der Waals surface area (Å²) in [5.41, 5.74) is 0. The van der Waals surface area contributed by atoms with E-state index in [1.807, 2.05) is 0 Å². The Hall–Kier alpha value is 0.460. The maximum atomic E-state index is 11.7. The number of aliphatic hydroxyl groups is 3. The summed E-state index contributed by atoms with van der Waals surface area (Å²) in [5.74, 6) is -0.443. The fraction of sp³-hybridized carbons (Fsp3) is 0.958. The van der Waals surface area contributed by atoms with Crippen LogP contribution in [0.4, 0.5) is 0 Å². The molecular weight excluding hydrogens is 486 g/mol. The number of aliphatic hydroxyl groups excluding tert-OH is 3. The van der Waals surface area contributed by atoms with Crippen LogP contribution < -0.4 is 34.5 Å². The first-order valence-corrected chi connectivity index (χ1v) is 14.5. The molecular formula is C24H48NaO9P. The van der Waals surface area contributed by atoms with E-state index in [2.05, 4.69) is 16.0 Å². The van der Waals surface area contributed by atoms with E-state index in [4.69, 9.17) is 14.9 Å². The van der Waals surface area contributed by atoms with Crippen molar-refractivity contribution < 1.29 is 72.9 Å². The van der Waals surface area contributed by atoms with Crippen LogP contribution in [0.3, 0.4) is 0 Å². The largest absolute Gasteiger partial charge is 1.00 e. The van der Waals surface area contributed by atoms with Crippen molar-refractivity contribution in [1.82, 2.24) is 0 Å². The molecule has 0 radical (unpaired) electrons. The Labute approximate surface area is 234 Å². The van der Waals surface area contributed by atoms with Crippen molar-refractivity contribution in [3.63, 3.8) is 0 Å². The van der Waals surface area contributed by atoms with Crippen LogP contribution in [0.1, 0.15) is 110 Å². The zero-order valence-electron chi connectivity index (χ0n) is 22.0. The number of carbonyl (C=O) groups excluding carboxylic acids is 1. The number of ether oxygens (including phenoxy) is 1. The van der Waals surface area contributed by atoms with Crippen LogP contribution in [0.25, 0.3) is 0 Å². The van der Waals surface area contributed by atoms with Crippen LogP contribution in [0, 0.1) is 0 Å². The monoisotopic (exact) mass is 534 g/mol. The second-order valence-electron chi connectivity index (χ2n) is 8.91. The third kappa shape index (κ3) is 27.3. The van der Waals surface area contributed by atoms with Crippen molar-refractivity contribution >= 4 is 13.8 Å². The molecule has 0 spiro atoms. The van der Waals surface area contributed by atoms with Crippen LogP contribution in [-0.2, 0) is 23.1 Å². The minimum Gasteiger partial charge on any atom is -0.756 e. The van der Waals surface area contributed by atoms with E-state index in [0.717, 1.165) is 19.3 Å². The number of phosphoric acid groups is 1. The predicted octanol–water partition coefficient (Wildman–Crippen LogP) is 1.01. The molecule has 35 heavy (non-hydrogen) atoms. The van der Waals surface area contributed by atoms with Crippen molar-refractivity contribution in [2.75, 3.05) is 26.4 Å². The van der Waals surface area contributed by atoms with Gasteiger partial charge in [-0.05, 0) is 6.42 Å². The second kappa shape index (κ2) is 26.1. The topological polar surface area (TPSA) is 146 Å². The molecule has 0 saturated carbocycles. The first kappa shape index (κ1) is 37.6. The molecule has 0 aliphatic carbocycles. The van der Waals surface area contributed by atoms with Gasteiger partial charge in [-0.25, -0.2) is 0 Å². The Kier molecular flexibility index (Phi) is 28.0. The minimum absolute atomic E-state index is 0. The van der Waals surface area contributed by atoms with Crippen LogP contribution in [0.5, 0.6) is 0 Å². The van der Waals surface area contributed by atoms with E-state index in [-0.39, 0.29) is 42.6 Å². The van der Waals surface area contributed by atoms with E-state index in [1.54, 1.807) is 0 Å². The Morgan fingerprint density at radius 3 is 1.57 bits per heavy atom. The fourth-order valence-electron chi connectivity index (χ4n) is 3.39.